The van der Waals surface area contributed by atoms with E-state index in [2.05, 4.69) is 32.3 Å². The minimum Gasteiger partial charge on any atom is -0.464 e. The zero-order valence-corrected chi connectivity index (χ0v) is 16.6. The van der Waals surface area contributed by atoms with Gasteiger partial charge in [0.05, 0.1) is 17.5 Å². The number of pyridine rings is 1. The summed E-state index contributed by atoms with van der Waals surface area (Å²) in [5.41, 5.74) is 13.7. The molecule has 0 aliphatic carbocycles. The molecule has 0 unspecified atom stereocenters. The number of furan rings is 1. The van der Waals surface area contributed by atoms with Crippen molar-refractivity contribution >= 4 is 60.6 Å². The van der Waals surface area contributed by atoms with Crippen LogP contribution < -0.4 is 16.8 Å². The summed E-state index contributed by atoms with van der Waals surface area (Å²) in [5.74, 6) is 0.118. The predicted octanol–water partition coefficient (Wildman–Crippen LogP) is 4.61. The van der Waals surface area contributed by atoms with Gasteiger partial charge >= 0.3 is 0 Å². The lowest BCUT2D eigenvalue weighted by Gasteiger charge is -2.07. The minimum absolute atomic E-state index is 0.0579. The molecule has 4 rings (SSSR count). The van der Waals surface area contributed by atoms with Crippen molar-refractivity contribution in [2.75, 3.05) is 16.8 Å². The first-order valence-corrected chi connectivity index (χ1v) is 9.63. The predicted molar refractivity (Wildman–Crippen MR) is 113 cm³/mol. The third-order valence-corrected chi connectivity index (χ3v) is 5.72. The molecule has 0 radical (unpaired) electrons. The van der Waals surface area contributed by atoms with Crippen molar-refractivity contribution in [3.63, 3.8) is 0 Å². The smallest absolute Gasteiger partial charge is 0.267 e. The number of hydrogen-bond donors (Lipinski definition) is 3. The van der Waals surface area contributed by atoms with Crippen LogP contribution in [-0.4, -0.2) is 10.9 Å². The van der Waals surface area contributed by atoms with Crippen LogP contribution in [-0.2, 0) is 0 Å². The number of anilines is 3. The molecular formula is C19H12BrN5O2S. The van der Waals surface area contributed by atoms with Crippen LogP contribution in [0.2, 0.25) is 0 Å². The molecule has 5 N–H and O–H groups in total. The molecule has 0 fully saturated rings. The fourth-order valence-electron chi connectivity index (χ4n) is 2.84. The van der Waals surface area contributed by atoms with Crippen LogP contribution >= 0.6 is 27.3 Å². The Morgan fingerprint density at radius 3 is 2.64 bits per heavy atom. The summed E-state index contributed by atoms with van der Waals surface area (Å²) in [5, 5.41) is 12.8. The second kappa shape index (κ2) is 6.99. The standard InChI is InChI=1S/C19H12BrN5O2S/c20-9-3-5-10(6-4-9)24-18(26)16-15(22)14-13(12-2-1-7-27-12)11(8-21)17(23)25-19(14)28-16/h1-7H,22H2,(H2,23,25)(H,24,26). The SMILES string of the molecule is N#Cc1c(N)nc2sc(C(=O)Nc3ccc(Br)cc3)c(N)c2c1-c1ccco1. The zero-order chi connectivity index (χ0) is 19.8. The Hall–Kier alpha value is -3.35. The van der Waals surface area contributed by atoms with Gasteiger partial charge in [0.1, 0.15) is 32.9 Å². The van der Waals surface area contributed by atoms with E-state index in [0.29, 0.717) is 27.2 Å². The number of hydrogen-bond acceptors (Lipinski definition) is 7. The molecule has 4 aromatic rings. The highest BCUT2D eigenvalue weighted by molar-refractivity contribution is 9.10. The number of halogens is 1. The van der Waals surface area contributed by atoms with E-state index in [1.807, 2.05) is 12.1 Å². The summed E-state index contributed by atoms with van der Waals surface area (Å²) in [6, 6.07) is 12.6. The Bertz CT molecular complexity index is 1240. The maximum absolute atomic E-state index is 12.8. The Kier molecular flexibility index (Phi) is 4.50. The van der Waals surface area contributed by atoms with Crippen molar-refractivity contribution in [1.82, 2.24) is 4.98 Å². The van der Waals surface area contributed by atoms with Crippen molar-refractivity contribution in [1.29, 1.82) is 5.26 Å². The van der Waals surface area contributed by atoms with E-state index >= 15 is 0 Å². The van der Waals surface area contributed by atoms with Gasteiger partial charge in [-0.2, -0.15) is 5.26 Å². The van der Waals surface area contributed by atoms with Gasteiger partial charge in [-0.15, -0.1) is 11.3 Å². The molecule has 0 aliphatic heterocycles. The van der Waals surface area contributed by atoms with Gasteiger partial charge < -0.3 is 21.2 Å². The van der Waals surface area contributed by atoms with Gasteiger partial charge in [0.15, 0.2) is 0 Å². The van der Waals surface area contributed by atoms with Crippen LogP contribution in [0.1, 0.15) is 15.2 Å². The second-order valence-electron chi connectivity index (χ2n) is 5.82. The molecule has 3 aromatic heterocycles. The van der Waals surface area contributed by atoms with E-state index in [4.69, 9.17) is 15.9 Å². The van der Waals surface area contributed by atoms with Crippen LogP contribution in [0.15, 0.2) is 51.6 Å². The summed E-state index contributed by atoms with van der Waals surface area (Å²) in [6.45, 7) is 0. The second-order valence-corrected chi connectivity index (χ2v) is 7.74. The number of amides is 1. The molecule has 7 nitrogen and oxygen atoms in total. The van der Waals surface area contributed by atoms with Gasteiger partial charge in [0.25, 0.3) is 5.91 Å². The number of fused-ring (bicyclic) bond motifs is 1. The van der Waals surface area contributed by atoms with Crippen LogP contribution in [0.5, 0.6) is 0 Å². The average molecular weight is 454 g/mol. The third-order valence-electron chi connectivity index (χ3n) is 4.09. The Morgan fingerprint density at radius 2 is 2.00 bits per heavy atom. The molecule has 0 bridgehead atoms. The highest BCUT2D eigenvalue weighted by atomic mass is 79.9. The van der Waals surface area contributed by atoms with Crippen molar-refractivity contribution in [2.24, 2.45) is 0 Å². The van der Waals surface area contributed by atoms with Gasteiger partial charge in [-0.3, -0.25) is 4.79 Å². The highest BCUT2D eigenvalue weighted by Gasteiger charge is 2.25. The molecule has 9 heteroatoms. The maximum atomic E-state index is 12.8. The summed E-state index contributed by atoms with van der Waals surface area (Å²) in [6.07, 6.45) is 1.49. The van der Waals surface area contributed by atoms with Gasteiger partial charge in [-0.25, -0.2) is 4.98 Å². The average Bonchev–Trinajstić information content (AvgIpc) is 3.31. The zero-order valence-electron chi connectivity index (χ0n) is 14.2. The van der Waals surface area contributed by atoms with E-state index in [0.717, 1.165) is 15.8 Å². The molecule has 0 saturated carbocycles. The number of rotatable bonds is 3. The van der Waals surface area contributed by atoms with Crippen LogP contribution in [0, 0.1) is 11.3 Å². The summed E-state index contributed by atoms with van der Waals surface area (Å²) >= 11 is 4.46. The molecule has 0 aliphatic rings. The summed E-state index contributed by atoms with van der Waals surface area (Å²) < 4.78 is 6.37. The van der Waals surface area contributed by atoms with E-state index in [1.165, 1.54) is 6.26 Å². The van der Waals surface area contributed by atoms with Crippen molar-refractivity contribution < 1.29 is 9.21 Å². The number of nitrogens with zero attached hydrogens (tertiary/aromatic N) is 2. The van der Waals surface area contributed by atoms with Crippen LogP contribution in [0.4, 0.5) is 17.2 Å². The Labute approximate surface area is 171 Å². The van der Waals surface area contributed by atoms with Gasteiger partial charge in [-0.05, 0) is 36.4 Å². The third kappa shape index (κ3) is 2.98. The molecule has 0 saturated heterocycles. The number of nitrogens with one attached hydrogen (secondary N) is 1. The number of carbonyl (C=O) groups is 1. The number of nitrogen functional groups attached to an aromatic ring is 2. The van der Waals surface area contributed by atoms with E-state index in [-0.39, 0.29) is 27.9 Å². The quantitative estimate of drug-likeness (QED) is 0.415. The number of aromatic nitrogens is 1. The van der Waals surface area contributed by atoms with E-state index < -0.39 is 0 Å². The molecule has 0 atom stereocenters. The topological polar surface area (TPSA) is 131 Å². The van der Waals surface area contributed by atoms with E-state index in [9.17, 15) is 10.1 Å². The van der Waals surface area contributed by atoms with Gasteiger partial charge in [0, 0.05) is 15.5 Å². The molecule has 1 aromatic carbocycles. The Morgan fingerprint density at radius 1 is 1.25 bits per heavy atom. The number of nitriles is 1. The number of carbonyl (C=O) groups excluding carboxylic acids is 1. The van der Waals surface area contributed by atoms with Crippen molar-refractivity contribution in [3.8, 4) is 17.4 Å². The molecule has 0 spiro atoms. The maximum Gasteiger partial charge on any atom is 0.267 e. The molecular weight excluding hydrogens is 442 g/mol. The molecule has 3 heterocycles. The molecule has 1 amide bonds. The first-order chi connectivity index (χ1) is 13.5. The lowest BCUT2D eigenvalue weighted by atomic mass is 10.0. The van der Waals surface area contributed by atoms with Crippen molar-refractivity contribution in [2.45, 2.75) is 0 Å². The largest absolute Gasteiger partial charge is 0.464 e. The van der Waals surface area contributed by atoms with Crippen LogP contribution in [0.25, 0.3) is 21.5 Å². The van der Waals surface area contributed by atoms with Gasteiger partial charge in [-0.1, -0.05) is 15.9 Å². The summed E-state index contributed by atoms with van der Waals surface area (Å²) in [4.78, 5) is 17.8. The van der Waals surface area contributed by atoms with Crippen molar-refractivity contribution in [3.05, 3.63) is 57.6 Å². The first-order valence-electron chi connectivity index (χ1n) is 8.02. The van der Waals surface area contributed by atoms with Gasteiger partial charge in [0.2, 0.25) is 0 Å². The monoisotopic (exact) mass is 453 g/mol. The Balaban J connectivity index is 1.87. The first kappa shape index (κ1) is 18.0. The number of benzene rings is 1. The lowest BCUT2D eigenvalue weighted by Crippen LogP contribution is -2.11. The minimum atomic E-state index is -0.370. The number of thiophene rings is 1. The fourth-order valence-corrected chi connectivity index (χ4v) is 4.11. The van der Waals surface area contributed by atoms with E-state index in [1.54, 1.807) is 24.3 Å². The highest BCUT2D eigenvalue weighted by Crippen LogP contribution is 2.42. The summed E-state index contributed by atoms with van der Waals surface area (Å²) in [7, 11) is 0. The number of nitrogens with two attached hydrogens (primary N) is 2. The normalized spacial score (nSPS) is 10.7. The molecule has 138 valence electrons. The lowest BCUT2D eigenvalue weighted by molar-refractivity contribution is 0.103. The van der Waals surface area contributed by atoms with Crippen LogP contribution in [0.3, 0.4) is 0 Å². The fraction of sp³-hybridized carbons (Fsp3) is 0. The molecule has 28 heavy (non-hydrogen) atoms.